The highest BCUT2D eigenvalue weighted by molar-refractivity contribution is 7.89. The van der Waals surface area contributed by atoms with Crippen LogP contribution in [0.3, 0.4) is 0 Å². The van der Waals surface area contributed by atoms with Crippen LogP contribution in [0.2, 0.25) is 0 Å². The Morgan fingerprint density at radius 3 is 2.63 bits per heavy atom. The van der Waals surface area contributed by atoms with Crippen molar-refractivity contribution in [2.75, 3.05) is 26.8 Å². The maximum atomic E-state index is 12.3. The summed E-state index contributed by atoms with van der Waals surface area (Å²) in [7, 11) is -1.85. The number of ether oxygens (including phenoxy) is 1. The van der Waals surface area contributed by atoms with Crippen LogP contribution in [-0.4, -0.2) is 39.5 Å². The van der Waals surface area contributed by atoms with E-state index < -0.39 is 10.0 Å². The maximum absolute atomic E-state index is 12.3. The molecule has 108 valence electrons. The summed E-state index contributed by atoms with van der Waals surface area (Å²) in [5.41, 5.74) is 5.42. The number of nitrogens with two attached hydrogens (primary N) is 1. The molecule has 0 amide bonds. The zero-order valence-electron chi connectivity index (χ0n) is 11.0. The first-order valence-corrected chi connectivity index (χ1v) is 7.79. The van der Waals surface area contributed by atoms with Gasteiger partial charge in [-0.1, -0.05) is 0 Å². The zero-order valence-corrected chi connectivity index (χ0v) is 11.9. The predicted molar refractivity (Wildman–Crippen MR) is 70.0 cm³/mol. The van der Waals surface area contributed by atoms with Gasteiger partial charge in [0.2, 0.25) is 5.09 Å². The fourth-order valence-corrected chi connectivity index (χ4v) is 3.68. The Kier molecular flexibility index (Phi) is 4.62. The van der Waals surface area contributed by atoms with Crippen LogP contribution in [0, 0.1) is 5.92 Å². The van der Waals surface area contributed by atoms with Crippen molar-refractivity contribution in [2.45, 2.75) is 24.5 Å². The lowest BCUT2D eigenvalue weighted by Crippen LogP contribution is -2.39. The maximum Gasteiger partial charge on any atom is 0.276 e. The summed E-state index contributed by atoms with van der Waals surface area (Å²) in [6, 6.07) is 3.07. The van der Waals surface area contributed by atoms with Gasteiger partial charge in [-0.25, -0.2) is 8.42 Å². The Balaban J connectivity index is 2.05. The van der Waals surface area contributed by atoms with Crippen LogP contribution in [0.15, 0.2) is 21.6 Å². The molecule has 0 bridgehead atoms. The van der Waals surface area contributed by atoms with Crippen LogP contribution in [0.25, 0.3) is 0 Å². The molecule has 1 saturated heterocycles. The van der Waals surface area contributed by atoms with Crippen molar-refractivity contribution < 1.29 is 17.6 Å². The number of methoxy groups -OCH3 is 1. The summed E-state index contributed by atoms with van der Waals surface area (Å²) in [5, 5.41) is -0.0156. The molecule has 0 spiro atoms. The number of rotatable bonds is 5. The van der Waals surface area contributed by atoms with Gasteiger partial charge in [0.05, 0.1) is 6.54 Å². The lowest BCUT2D eigenvalue weighted by molar-refractivity contribution is 0.121. The Morgan fingerprint density at radius 1 is 1.42 bits per heavy atom. The monoisotopic (exact) mass is 288 g/mol. The molecule has 0 aliphatic carbocycles. The molecule has 1 aromatic heterocycles. The SMILES string of the molecule is COCC1CCN(S(=O)(=O)c2ccc(CN)o2)CC1. The molecule has 2 N–H and O–H groups in total. The second-order valence-electron chi connectivity index (χ2n) is 4.73. The normalized spacial score (nSPS) is 18.8. The molecular weight excluding hydrogens is 268 g/mol. The Morgan fingerprint density at radius 2 is 2.11 bits per heavy atom. The lowest BCUT2D eigenvalue weighted by Gasteiger charge is -2.30. The third kappa shape index (κ3) is 3.17. The van der Waals surface area contributed by atoms with Crippen LogP contribution < -0.4 is 5.73 Å². The van der Waals surface area contributed by atoms with E-state index in [1.165, 1.54) is 10.4 Å². The summed E-state index contributed by atoms with van der Waals surface area (Å²) in [5.74, 6) is 0.917. The highest BCUT2D eigenvalue weighted by Gasteiger charge is 2.31. The number of hydrogen-bond donors (Lipinski definition) is 1. The minimum atomic E-state index is -3.52. The molecular formula is C12H20N2O4S. The number of hydrogen-bond acceptors (Lipinski definition) is 5. The van der Waals surface area contributed by atoms with E-state index in [1.54, 1.807) is 13.2 Å². The molecule has 0 radical (unpaired) electrons. The van der Waals surface area contributed by atoms with Gasteiger partial charge in [-0.3, -0.25) is 0 Å². The molecule has 6 nitrogen and oxygen atoms in total. The molecule has 1 aliphatic heterocycles. The standard InChI is InChI=1S/C12H20N2O4S/c1-17-9-10-4-6-14(7-5-10)19(15,16)12-3-2-11(8-13)18-12/h2-3,10H,4-9,13H2,1H3. The first-order chi connectivity index (χ1) is 9.07. The van der Waals surface area contributed by atoms with Crippen molar-refractivity contribution in [2.24, 2.45) is 11.7 Å². The van der Waals surface area contributed by atoms with Crippen molar-refractivity contribution in [3.8, 4) is 0 Å². The van der Waals surface area contributed by atoms with Gasteiger partial charge in [-0.05, 0) is 30.9 Å². The predicted octanol–water partition coefficient (Wildman–Crippen LogP) is 0.785. The smallest absolute Gasteiger partial charge is 0.276 e. The van der Waals surface area contributed by atoms with Crippen LogP contribution in [0.1, 0.15) is 18.6 Å². The molecule has 2 heterocycles. The molecule has 2 rings (SSSR count). The van der Waals surface area contributed by atoms with E-state index in [0.717, 1.165) is 12.8 Å². The molecule has 0 saturated carbocycles. The fraction of sp³-hybridized carbons (Fsp3) is 0.667. The first-order valence-electron chi connectivity index (χ1n) is 6.35. The minimum absolute atomic E-state index is 0.0156. The second-order valence-corrected chi connectivity index (χ2v) is 6.60. The van der Waals surface area contributed by atoms with Gasteiger partial charge in [-0.2, -0.15) is 4.31 Å². The van der Waals surface area contributed by atoms with Crippen LogP contribution >= 0.6 is 0 Å². The summed E-state index contributed by atoms with van der Waals surface area (Å²) in [6.07, 6.45) is 1.63. The average Bonchev–Trinajstić information content (AvgIpc) is 2.89. The van der Waals surface area contributed by atoms with E-state index in [2.05, 4.69) is 0 Å². The quantitative estimate of drug-likeness (QED) is 0.865. The van der Waals surface area contributed by atoms with Gasteiger partial charge in [0.15, 0.2) is 0 Å². The molecule has 1 fully saturated rings. The molecule has 0 unspecified atom stereocenters. The lowest BCUT2D eigenvalue weighted by atomic mass is 9.99. The van der Waals surface area contributed by atoms with Crippen molar-refractivity contribution in [1.29, 1.82) is 0 Å². The van der Waals surface area contributed by atoms with Crippen molar-refractivity contribution in [3.05, 3.63) is 17.9 Å². The van der Waals surface area contributed by atoms with Gasteiger partial charge >= 0.3 is 0 Å². The first kappa shape index (κ1) is 14.5. The molecule has 7 heteroatoms. The van der Waals surface area contributed by atoms with Gasteiger partial charge in [-0.15, -0.1) is 0 Å². The highest BCUT2D eigenvalue weighted by atomic mass is 32.2. The average molecular weight is 288 g/mol. The van der Waals surface area contributed by atoms with Crippen LogP contribution in [0.5, 0.6) is 0 Å². The van der Waals surface area contributed by atoms with Gasteiger partial charge < -0.3 is 14.9 Å². The molecule has 1 aromatic rings. The second kappa shape index (κ2) is 6.04. The fourth-order valence-electron chi connectivity index (χ4n) is 2.29. The summed E-state index contributed by atoms with van der Waals surface area (Å²) >= 11 is 0. The van der Waals surface area contributed by atoms with Crippen molar-refractivity contribution in [1.82, 2.24) is 4.31 Å². The zero-order chi connectivity index (χ0) is 13.9. The van der Waals surface area contributed by atoms with E-state index in [0.29, 0.717) is 31.4 Å². The summed E-state index contributed by atoms with van der Waals surface area (Å²) < 4.78 is 36.5. The topological polar surface area (TPSA) is 85.8 Å². The molecule has 19 heavy (non-hydrogen) atoms. The van der Waals surface area contributed by atoms with E-state index in [1.807, 2.05) is 0 Å². The van der Waals surface area contributed by atoms with E-state index in [9.17, 15) is 8.42 Å². The molecule has 0 atom stereocenters. The van der Waals surface area contributed by atoms with Crippen LogP contribution in [0.4, 0.5) is 0 Å². The van der Waals surface area contributed by atoms with E-state index >= 15 is 0 Å². The van der Waals surface area contributed by atoms with Gasteiger partial charge in [0.1, 0.15) is 5.76 Å². The number of nitrogens with zero attached hydrogens (tertiary/aromatic N) is 1. The van der Waals surface area contributed by atoms with E-state index in [4.69, 9.17) is 14.9 Å². The highest BCUT2D eigenvalue weighted by Crippen LogP contribution is 2.25. The van der Waals surface area contributed by atoms with Crippen LogP contribution in [-0.2, 0) is 21.3 Å². The molecule has 1 aliphatic rings. The van der Waals surface area contributed by atoms with E-state index in [-0.39, 0.29) is 11.6 Å². The third-order valence-electron chi connectivity index (χ3n) is 3.41. The minimum Gasteiger partial charge on any atom is -0.447 e. The van der Waals surface area contributed by atoms with Crippen molar-refractivity contribution >= 4 is 10.0 Å². The third-order valence-corrected chi connectivity index (χ3v) is 5.18. The molecule has 0 aromatic carbocycles. The Bertz CT molecular complexity index is 504. The number of furan rings is 1. The van der Waals surface area contributed by atoms with Gasteiger partial charge in [0.25, 0.3) is 10.0 Å². The Labute approximate surface area is 113 Å². The Hall–Kier alpha value is -0.890. The van der Waals surface area contributed by atoms with Gasteiger partial charge in [0, 0.05) is 26.8 Å². The van der Waals surface area contributed by atoms with Crippen molar-refractivity contribution in [3.63, 3.8) is 0 Å². The number of sulfonamides is 1. The summed E-state index contributed by atoms with van der Waals surface area (Å²) in [6.45, 7) is 1.90. The largest absolute Gasteiger partial charge is 0.447 e. The number of piperidine rings is 1. The summed E-state index contributed by atoms with van der Waals surface area (Å²) in [4.78, 5) is 0.